The van der Waals surface area contributed by atoms with Crippen LogP contribution in [0, 0.1) is 6.92 Å². The number of rotatable bonds is 4. The van der Waals surface area contributed by atoms with Crippen LogP contribution in [0.1, 0.15) is 36.9 Å². The van der Waals surface area contributed by atoms with Gasteiger partial charge in [-0.3, -0.25) is 14.6 Å². The van der Waals surface area contributed by atoms with Crippen LogP contribution in [-0.4, -0.2) is 32.3 Å². The summed E-state index contributed by atoms with van der Waals surface area (Å²) in [6.45, 7) is 6.53. The third-order valence-electron chi connectivity index (χ3n) is 4.25. The molecule has 2 atom stereocenters. The Bertz CT molecular complexity index is 549. The predicted octanol–water partition coefficient (Wildman–Crippen LogP) is 2.81. The maximum absolute atomic E-state index is 4.42. The zero-order valence-corrected chi connectivity index (χ0v) is 12.2. The lowest BCUT2D eigenvalue weighted by atomic mass is 10.1. The minimum absolute atomic E-state index is 0.424. The van der Waals surface area contributed by atoms with Crippen LogP contribution in [0.4, 0.5) is 0 Å². The first-order chi connectivity index (χ1) is 9.74. The van der Waals surface area contributed by atoms with Crippen molar-refractivity contribution in [1.29, 1.82) is 0 Å². The van der Waals surface area contributed by atoms with E-state index in [1.54, 1.807) is 0 Å². The maximum Gasteiger partial charge on any atom is 0.0565 e. The van der Waals surface area contributed by atoms with E-state index in [2.05, 4.69) is 45.8 Å². The summed E-state index contributed by atoms with van der Waals surface area (Å²) < 4.78 is 2.08. The molecule has 3 rings (SSSR count). The van der Waals surface area contributed by atoms with E-state index < -0.39 is 0 Å². The fourth-order valence-electron chi connectivity index (χ4n) is 3.16. The molecule has 0 radical (unpaired) electrons. The average Bonchev–Trinajstić information content (AvgIpc) is 3.09. The Morgan fingerprint density at radius 1 is 1.40 bits per heavy atom. The van der Waals surface area contributed by atoms with Gasteiger partial charge in [0.1, 0.15) is 0 Å². The molecule has 0 aromatic carbocycles. The molecule has 106 valence electrons. The second-order valence-electron chi connectivity index (χ2n) is 5.74. The third kappa shape index (κ3) is 2.75. The van der Waals surface area contributed by atoms with Gasteiger partial charge in [0.25, 0.3) is 0 Å². The summed E-state index contributed by atoms with van der Waals surface area (Å²) >= 11 is 0. The van der Waals surface area contributed by atoms with Crippen molar-refractivity contribution in [2.45, 2.75) is 45.3 Å². The Kier molecular flexibility index (Phi) is 3.83. The lowest BCUT2D eigenvalue weighted by Gasteiger charge is -2.30. The number of aryl methyl sites for hydroxylation is 1. The molecule has 2 aromatic rings. The van der Waals surface area contributed by atoms with E-state index in [-0.39, 0.29) is 0 Å². The molecule has 1 saturated heterocycles. The minimum Gasteiger partial charge on any atom is -0.292 e. The van der Waals surface area contributed by atoms with E-state index >= 15 is 0 Å². The molecule has 0 bridgehead atoms. The fourth-order valence-corrected chi connectivity index (χ4v) is 3.16. The summed E-state index contributed by atoms with van der Waals surface area (Å²) in [6, 6.07) is 5.19. The summed E-state index contributed by atoms with van der Waals surface area (Å²) in [5.41, 5.74) is 2.53. The van der Waals surface area contributed by atoms with E-state index in [9.17, 15) is 0 Å². The number of likely N-dealkylation sites (tertiary alicyclic amines) is 1. The molecule has 3 heterocycles. The van der Waals surface area contributed by atoms with Gasteiger partial charge in [-0.05, 0) is 50.4 Å². The van der Waals surface area contributed by atoms with Crippen LogP contribution in [0.2, 0.25) is 0 Å². The molecular formula is C16H22N4. The Labute approximate surface area is 120 Å². The summed E-state index contributed by atoms with van der Waals surface area (Å²) in [4.78, 5) is 6.84. The quantitative estimate of drug-likeness (QED) is 0.856. The van der Waals surface area contributed by atoms with Crippen LogP contribution < -0.4 is 0 Å². The Morgan fingerprint density at radius 3 is 3.00 bits per heavy atom. The third-order valence-corrected chi connectivity index (χ3v) is 4.25. The van der Waals surface area contributed by atoms with Crippen molar-refractivity contribution in [3.63, 3.8) is 0 Å². The van der Waals surface area contributed by atoms with Gasteiger partial charge in [-0.1, -0.05) is 6.07 Å². The molecule has 0 amide bonds. The van der Waals surface area contributed by atoms with E-state index in [4.69, 9.17) is 0 Å². The molecule has 0 unspecified atom stereocenters. The first kappa shape index (κ1) is 13.3. The van der Waals surface area contributed by atoms with Gasteiger partial charge in [-0.2, -0.15) is 5.10 Å². The van der Waals surface area contributed by atoms with Crippen LogP contribution in [-0.2, 0) is 6.54 Å². The molecule has 2 aromatic heterocycles. The van der Waals surface area contributed by atoms with Gasteiger partial charge in [0.05, 0.1) is 12.7 Å². The SMILES string of the molecule is Cc1cnn(C[C@H]2CCCN2[C@H](C)c2cccnc2)c1. The van der Waals surface area contributed by atoms with Crippen LogP contribution in [0.5, 0.6) is 0 Å². The first-order valence-electron chi connectivity index (χ1n) is 7.39. The molecular weight excluding hydrogens is 248 g/mol. The van der Waals surface area contributed by atoms with Crippen molar-refractivity contribution in [3.05, 3.63) is 48.0 Å². The predicted molar refractivity (Wildman–Crippen MR) is 79.3 cm³/mol. The average molecular weight is 270 g/mol. The monoisotopic (exact) mass is 270 g/mol. The normalized spacial score (nSPS) is 21.2. The number of hydrogen-bond donors (Lipinski definition) is 0. The number of pyridine rings is 1. The van der Waals surface area contributed by atoms with Gasteiger partial charge >= 0.3 is 0 Å². The van der Waals surface area contributed by atoms with Gasteiger partial charge in [0, 0.05) is 30.7 Å². The fraction of sp³-hybridized carbons (Fsp3) is 0.500. The maximum atomic E-state index is 4.42. The lowest BCUT2D eigenvalue weighted by Crippen LogP contribution is -2.35. The number of aromatic nitrogens is 3. The Hall–Kier alpha value is -1.68. The van der Waals surface area contributed by atoms with Crippen LogP contribution in [0.3, 0.4) is 0 Å². The molecule has 0 aliphatic carbocycles. The van der Waals surface area contributed by atoms with Crippen LogP contribution >= 0.6 is 0 Å². The topological polar surface area (TPSA) is 34.0 Å². The van der Waals surface area contributed by atoms with Gasteiger partial charge in [0.2, 0.25) is 0 Å². The van der Waals surface area contributed by atoms with E-state index in [1.165, 1.54) is 30.5 Å². The van der Waals surface area contributed by atoms with Crippen molar-refractivity contribution in [2.75, 3.05) is 6.54 Å². The largest absolute Gasteiger partial charge is 0.292 e. The second-order valence-corrected chi connectivity index (χ2v) is 5.74. The van der Waals surface area contributed by atoms with Crippen LogP contribution in [0.15, 0.2) is 36.9 Å². The molecule has 0 spiro atoms. The highest BCUT2D eigenvalue weighted by Gasteiger charge is 2.29. The van der Waals surface area contributed by atoms with Crippen LogP contribution in [0.25, 0.3) is 0 Å². The minimum atomic E-state index is 0.424. The van der Waals surface area contributed by atoms with E-state index in [1.807, 2.05) is 24.7 Å². The Morgan fingerprint density at radius 2 is 2.30 bits per heavy atom. The van der Waals surface area contributed by atoms with Gasteiger partial charge in [-0.15, -0.1) is 0 Å². The summed E-state index contributed by atoms with van der Waals surface area (Å²) in [5.74, 6) is 0. The summed E-state index contributed by atoms with van der Waals surface area (Å²) in [6.07, 6.45) is 10.4. The molecule has 4 heteroatoms. The molecule has 0 N–H and O–H groups in total. The van der Waals surface area contributed by atoms with Crippen molar-refractivity contribution in [3.8, 4) is 0 Å². The zero-order valence-electron chi connectivity index (χ0n) is 12.2. The number of hydrogen-bond acceptors (Lipinski definition) is 3. The molecule has 4 nitrogen and oxygen atoms in total. The summed E-state index contributed by atoms with van der Waals surface area (Å²) in [5, 5.41) is 4.42. The summed E-state index contributed by atoms with van der Waals surface area (Å²) in [7, 11) is 0. The van der Waals surface area contributed by atoms with E-state index in [0.29, 0.717) is 12.1 Å². The van der Waals surface area contributed by atoms with Gasteiger partial charge in [0.15, 0.2) is 0 Å². The highest BCUT2D eigenvalue weighted by atomic mass is 15.3. The van der Waals surface area contributed by atoms with Crippen molar-refractivity contribution < 1.29 is 0 Å². The lowest BCUT2D eigenvalue weighted by molar-refractivity contribution is 0.173. The van der Waals surface area contributed by atoms with Crippen molar-refractivity contribution in [2.24, 2.45) is 0 Å². The van der Waals surface area contributed by atoms with Crippen molar-refractivity contribution >= 4 is 0 Å². The second kappa shape index (κ2) is 5.75. The molecule has 1 aliphatic rings. The zero-order chi connectivity index (χ0) is 13.9. The van der Waals surface area contributed by atoms with Gasteiger partial charge in [-0.25, -0.2) is 0 Å². The smallest absolute Gasteiger partial charge is 0.0565 e. The van der Waals surface area contributed by atoms with Gasteiger partial charge < -0.3 is 0 Å². The van der Waals surface area contributed by atoms with E-state index in [0.717, 1.165) is 6.54 Å². The number of nitrogens with zero attached hydrogens (tertiary/aromatic N) is 4. The first-order valence-corrected chi connectivity index (χ1v) is 7.39. The highest BCUT2D eigenvalue weighted by Crippen LogP contribution is 2.29. The standard InChI is InChI=1S/C16H22N4/c1-13-9-18-19(11-13)12-16-6-4-8-20(16)14(2)15-5-3-7-17-10-15/h3,5,7,9-11,14,16H,4,6,8,12H2,1-2H3/t14-,16-/m1/s1. The molecule has 1 aliphatic heterocycles. The molecule has 0 saturated carbocycles. The Balaban J connectivity index is 1.72. The van der Waals surface area contributed by atoms with Crippen molar-refractivity contribution in [1.82, 2.24) is 19.7 Å². The molecule has 20 heavy (non-hydrogen) atoms. The highest BCUT2D eigenvalue weighted by molar-refractivity contribution is 5.14. The molecule has 1 fully saturated rings.